The molecule has 0 aliphatic heterocycles. The van der Waals surface area contributed by atoms with Crippen LogP contribution in [0.2, 0.25) is 0 Å². The molecule has 0 heterocycles. The SMILES string of the molecule is CC1CCC(CNC(=O)C2C(C)(C)C2(C)C)(C(=O)O)CC1. The second-order valence-corrected chi connectivity index (χ2v) is 8.36. The molecule has 2 aliphatic carbocycles. The molecule has 0 bridgehead atoms. The molecule has 21 heavy (non-hydrogen) atoms. The van der Waals surface area contributed by atoms with Crippen LogP contribution in [-0.2, 0) is 9.59 Å². The summed E-state index contributed by atoms with van der Waals surface area (Å²) in [6.07, 6.45) is 3.20. The minimum Gasteiger partial charge on any atom is -0.481 e. The van der Waals surface area contributed by atoms with Crippen molar-refractivity contribution in [2.75, 3.05) is 6.54 Å². The van der Waals surface area contributed by atoms with Crippen LogP contribution >= 0.6 is 0 Å². The molecule has 0 atom stereocenters. The lowest BCUT2D eigenvalue weighted by atomic mass is 9.71. The molecule has 0 spiro atoms. The lowest BCUT2D eigenvalue weighted by molar-refractivity contribution is -0.151. The van der Waals surface area contributed by atoms with E-state index in [1.807, 2.05) is 0 Å². The number of aliphatic carboxylic acids is 1. The Balaban J connectivity index is 1.98. The van der Waals surface area contributed by atoms with Crippen molar-refractivity contribution in [3.63, 3.8) is 0 Å². The van der Waals surface area contributed by atoms with Gasteiger partial charge in [-0.2, -0.15) is 0 Å². The molecule has 1 amide bonds. The van der Waals surface area contributed by atoms with Gasteiger partial charge in [0.1, 0.15) is 0 Å². The first-order valence-corrected chi connectivity index (χ1v) is 8.06. The lowest BCUT2D eigenvalue weighted by Gasteiger charge is -2.35. The molecule has 0 unspecified atom stereocenters. The van der Waals surface area contributed by atoms with Crippen LogP contribution in [0, 0.1) is 28.1 Å². The van der Waals surface area contributed by atoms with Gasteiger partial charge in [0.15, 0.2) is 0 Å². The Kier molecular flexibility index (Phi) is 3.88. The number of nitrogens with one attached hydrogen (secondary N) is 1. The van der Waals surface area contributed by atoms with E-state index in [4.69, 9.17) is 0 Å². The van der Waals surface area contributed by atoms with E-state index in [0.717, 1.165) is 12.8 Å². The summed E-state index contributed by atoms with van der Waals surface area (Å²) in [6, 6.07) is 0. The second-order valence-electron chi connectivity index (χ2n) is 8.36. The standard InChI is InChI=1S/C17H29NO3/c1-11-6-8-17(9-7-11,14(20)21)10-18-13(19)12-15(2,3)16(12,4)5/h11-12H,6-10H2,1-5H3,(H,18,19)(H,20,21). The van der Waals surface area contributed by atoms with Crippen LogP contribution in [0.3, 0.4) is 0 Å². The van der Waals surface area contributed by atoms with Gasteiger partial charge in [0.25, 0.3) is 0 Å². The predicted molar refractivity (Wildman–Crippen MR) is 81.8 cm³/mol. The molecule has 120 valence electrons. The molecule has 2 fully saturated rings. The highest BCUT2D eigenvalue weighted by Gasteiger charge is 2.68. The third-order valence-corrected chi connectivity index (χ3v) is 6.57. The van der Waals surface area contributed by atoms with Crippen LogP contribution in [-0.4, -0.2) is 23.5 Å². The average molecular weight is 295 g/mol. The predicted octanol–water partition coefficient (Wildman–Crippen LogP) is 3.07. The summed E-state index contributed by atoms with van der Waals surface area (Å²) >= 11 is 0. The van der Waals surface area contributed by atoms with Gasteiger partial charge in [-0.15, -0.1) is 0 Å². The van der Waals surface area contributed by atoms with Crippen LogP contribution in [0.5, 0.6) is 0 Å². The highest BCUT2D eigenvalue weighted by molar-refractivity contribution is 5.85. The number of hydrogen-bond donors (Lipinski definition) is 2. The van der Waals surface area contributed by atoms with Gasteiger partial charge in [-0.25, -0.2) is 0 Å². The summed E-state index contributed by atoms with van der Waals surface area (Å²) in [5.74, 6) is -0.166. The Hall–Kier alpha value is -1.06. The summed E-state index contributed by atoms with van der Waals surface area (Å²) in [7, 11) is 0. The number of amides is 1. The van der Waals surface area contributed by atoms with Crippen LogP contribution in [0.4, 0.5) is 0 Å². The molecule has 0 aromatic heterocycles. The number of carbonyl (C=O) groups is 2. The number of carbonyl (C=O) groups excluding carboxylic acids is 1. The summed E-state index contributed by atoms with van der Waals surface area (Å²) in [5, 5.41) is 12.5. The van der Waals surface area contributed by atoms with Crippen molar-refractivity contribution in [1.82, 2.24) is 5.32 Å². The van der Waals surface area contributed by atoms with E-state index in [2.05, 4.69) is 39.9 Å². The van der Waals surface area contributed by atoms with Crippen LogP contribution in [0.15, 0.2) is 0 Å². The van der Waals surface area contributed by atoms with E-state index >= 15 is 0 Å². The van der Waals surface area contributed by atoms with Crippen molar-refractivity contribution >= 4 is 11.9 Å². The van der Waals surface area contributed by atoms with E-state index in [1.165, 1.54) is 0 Å². The van der Waals surface area contributed by atoms with E-state index < -0.39 is 11.4 Å². The topological polar surface area (TPSA) is 66.4 Å². The molecular formula is C17H29NO3. The van der Waals surface area contributed by atoms with Crippen LogP contribution < -0.4 is 5.32 Å². The van der Waals surface area contributed by atoms with E-state index in [0.29, 0.717) is 18.8 Å². The number of rotatable bonds is 4. The number of carboxylic acids is 1. The summed E-state index contributed by atoms with van der Waals surface area (Å²) in [5.41, 5.74) is -0.769. The highest BCUT2D eigenvalue weighted by atomic mass is 16.4. The van der Waals surface area contributed by atoms with Gasteiger partial charge in [-0.05, 0) is 42.4 Å². The van der Waals surface area contributed by atoms with Gasteiger partial charge in [-0.1, -0.05) is 34.6 Å². The van der Waals surface area contributed by atoms with Gasteiger partial charge in [-0.3, -0.25) is 9.59 Å². The van der Waals surface area contributed by atoms with E-state index in [9.17, 15) is 14.7 Å². The van der Waals surface area contributed by atoms with Crippen LogP contribution in [0.25, 0.3) is 0 Å². The van der Waals surface area contributed by atoms with Gasteiger partial charge in [0, 0.05) is 12.5 Å². The van der Waals surface area contributed by atoms with Gasteiger partial charge < -0.3 is 10.4 Å². The summed E-state index contributed by atoms with van der Waals surface area (Å²) < 4.78 is 0. The molecule has 2 aliphatic rings. The van der Waals surface area contributed by atoms with Gasteiger partial charge >= 0.3 is 5.97 Å². The Morgan fingerprint density at radius 3 is 1.95 bits per heavy atom. The maximum atomic E-state index is 12.4. The quantitative estimate of drug-likeness (QED) is 0.837. The zero-order chi connectivity index (χ0) is 16.1. The maximum Gasteiger partial charge on any atom is 0.311 e. The summed E-state index contributed by atoms with van der Waals surface area (Å²) in [4.78, 5) is 24.1. The fraction of sp³-hybridized carbons (Fsp3) is 0.882. The Bertz CT molecular complexity index is 431. The normalized spacial score (nSPS) is 34.2. The second kappa shape index (κ2) is 4.99. The molecule has 2 rings (SSSR count). The molecule has 2 saturated carbocycles. The first-order chi connectivity index (χ1) is 9.54. The Morgan fingerprint density at radius 1 is 1.10 bits per heavy atom. The van der Waals surface area contributed by atoms with Crippen molar-refractivity contribution in [2.45, 2.75) is 60.3 Å². The summed E-state index contributed by atoms with van der Waals surface area (Å²) in [6.45, 7) is 10.9. The molecule has 4 heteroatoms. The molecule has 4 nitrogen and oxygen atoms in total. The number of hydrogen-bond acceptors (Lipinski definition) is 2. The first kappa shape index (κ1) is 16.3. The first-order valence-electron chi connectivity index (χ1n) is 8.06. The van der Waals surface area contributed by atoms with E-state index in [-0.39, 0.29) is 29.2 Å². The fourth-order valence-corrected chi connectivity index (χ4v) is 3.99. The maximum absolute atomic E-state index is 12.4. The lowest BCUT2D eigenvalue weighted by Crippen LogP contribution is -2.46. The monoisotopic (exact) mass is 295 g/mol. The average Bonchev–Trinajstić information content (AvgIpc) is 2.79. The molecule has 0 radical (unpaired) electrons. The number of carboxylic acid groups (broad SMARTS) is 1. The highest BCUT2D eigenvalue weighted by Crippen LogP contribution is 2.68. The van der Waals surface area contributed by atoms with Gasteiger partial charge in [0.05, 0.1) is 5.41 Å². The molecular weight excluding hydrogens is 266 g/mol. The zero-order valence-corrected chi connectivity index (χ0v) is 14.0. The molecule has 0 saturated heterocycles. The minimum absolute atomic E-state index is 0.00541. The Labute approximate surface area is 127 Å². The van der Waals surface area contributed by atoms with E-state index in [1.54, 1.807) is 0 Å². The van der Waals surface area contributed by atoms with Crippen molar-refractivity contribution in [3.05, 3.63) is 0 Å². The van der Waals surface area contributed by atoms with Crippen molar-refractivity contribution in [3.8, 4) is 0 Å². The van der Waals surface area contributed by atoms with Crippen molar-refractivity contribution < 1.29 is 14.7 Å². The fourth-order valence-electron chi connectivity index (χ4n) is 3.99. The molecule has 0 aromatic carbocycles. The minimum atomic E-state index is -0.760. The third-order valence-electron chi connectivity index (χ3n) is 6.57. The zero-order valence-electron chi connectivity index (χ0n) is 14.0. The van der Waals surface area contributed by atoms with Crippen molar-refractivity contribution in [1.29, 1.82) is 0 Å². The molecule has 2 N–H and O–H groups in total. The third kappa shape index (κ3) is 2.58. The Morgan fingerprint density at radius 2 is 1.57 bits per heavy atom. The van der Waals surface area contributed by atoms with Crippen LogP contribution in [0.1, 0.15) is 60.3 Å². The smallest absolute Gasteiger partial charge is 0.311 e. The largest absolute Gasteiger partial charge is 0.481 e. The molecule has 0 aromatic rings. The van der Waals surface area contributed by atoms with Gasteiger partial charge in [0.2, 0.25) is 5.91 Å². The van der Waals surface area contributed by atoms with Crippen molar-refractivity contribution in [2.24, 2.45) is 28.1 Å².